The van der Waals surface area contributed by atoms with Gasteiger partial charge in [-0.05, 0) is 12.8 Å². The quantitative estimate of drug-likeness (QED) is 0.562. The van der Waals surface area contributed by atoms with Gasteiger partial charge in [0, 0.05) is 20.0 Å². The summed E-state index contributed by atoms with van der Waals surface area (Å²) in [5.41, 5.74) is 0. The summed E-state index contributed by atoms with van der Waals surface area (Å²) in [6.07, 6.45) is 3.30. The third-order valence-electron chi connectivity index (χ3n) is 2.10. The van der Waals surface area contributed by atoms with Gasteiger partial charge in [0.15, 0.2) is 5.79 Å². The van der Waals surface area contributed by atoms with Crippen molar-refractivity contribution in [3.63, 3.8) is 0 Å². The fourth-order valence-corrected chi connectivity index (χ4v) is 1.03. The molecule has 1 rings (SSSR count). The van der Waals surface area contributed by atoms with E-state index in [4.69, 9.17) is 4.74 Å². The van der Waals surface area contributed by atoms with Gasteiger partial charge < -0.3 is 9.84 Å². The molecule has 53 valence electrons. The Morgan fingerprint density at radius 1 is 1.67 bits per heavy atom. The molecule has 0 bridgehead atoms. The van der Waals surface area contributed by atoms with Gasteiger partial charge in [0.2, 0.25) is 0 Å². The van der Waals surface area contributed by atoms with Gasteiger partial charge >= 0.3 is 0 Å². The third kappa shape index (κ3) is 1.25. The van der Waals surface area contributed by atoms with E-state index < -0.39 is 5.79 Å². The van der Waals surface area contributed by atoms with E-state index in [1.165, 1.54) is 13.5 Å². The molecule has 0 aromatic heterocycles. The molecule has 1 saturated carbocycles. The first-order valence-corrected chi connectivity index (χ1v) is 3.29. The van der Waals surface area contributed by atoms with E-state index in [0.717, 1.165) is 12.8 Å². The highest BCUT2D eigenvalue weighted by Gasteiger charge is 2.35. The van der Waals surface area contributed by atoms with Crippen LogP contribution in [0.1, 0.15) is 19.3 Å². The van der Waals surface area contributed by atoms with Crippen LogP contribution in [-0.4, -0.2) is 18.0 Å². The molecule has 1 fully saturated rings. The summed E-state index contributed by atoms with van der Waals surface area (Å²) in [6.45, 7) is 3.54. The maximum atomic E-state index is 9.31. The zero-order valence-corrected chi connectivity index (χ0v) is 5.76. The fourth-order valence-electron chi connectivity index (χ4n) is 1.03. The molecule has 2 nitrogen and oxygen atoms in total. The minimum absolute atomic E-state index is 0.266. The van der Waals surface area contributed by atoms with E-state index in [1.807, 2.05) is 0 Å². The molecule has 0 aromatic rings. The molecular formula is C7H13O2. The summed E-state index contributed by atoms with van der Waals surface area (Å²) < 4.78 is 4.79. The number of hydrogen-bond donors (Lipinski definition) is 1. The molecule has 0 amide bonds. The molecule has 1 unspecified atom stereocenters. The molecule has 1 radical (unpaired) electrons. The fraction of sp³-hybridized carbons (Fsp3) is 0.857. The number of ether oxygens (including phenoxy) is 1. The molecule has 2 heteroatoms. The normalized spacial score (nSPS) is 27.0. The largest absolute Gasteiger partial charge is 0.365 e. The molecule has 0 aliphatic heterocycles. The van der Waals surface area contributed by atoms with Crippen LogP contribution in [0.15, 0.2) is 0 Å². The Labute approximate surface area is 55.8 Å². The second kappa shape index (κ2) is 2.27. The average molecular weight is 129 g/mol. The van der Waals surface area contributed by atoms with Crippen molar-refractivity contribution in [2.75, 3.05) is 7.11 Å². The smallest absolute Gasteiger partial charge is 0.168 e. The molecule has 1 aliphatic rings. The van der Waals surface area contributed by atoms with Crippen LogP contribution < -0.4 is 0 Å². The van der Waals surface area contributed by atoms with Crippen LogP contribution in [0.4, 0.5) is 0 Å². The average Bonchev–Trinajstić information content (AvgIpc) is 1.60. The monoisotopic (exact) mass is 129 g/mol. The van der Waals surface area contributed by atoms with Crippen molar-refractivity contribution >= 4 is 0 Å². The lowest BCUT2D eigenvalue weighted by Gasteiger charge is -2.37. The molecule has 1 aliphatic carbocycles. The van der Waals surface area contributed by atoms with Gasteiger partial charge in [-0.1, -0.05) is 6.42 Å². The summed E-state index contributed by atoms with van der Waals surface area (Å²) in [4.78, 5) is 0. The van der Waals surface area contributed by atoms with Crippen LogP contribution in [0.3, 0.4) is 0 Å². The number of hydrogen-bond acceptors (Lipinski definition) is 2. The van der Waals surface area contributed by atoms with Gasteiger partial charge in [-0.2, -0.15) is 0 Å². The Hall–Kier alpha value is -0.0800. The first kappa shape index (κ1) is 7.03. The number of methoxy groups -OCH3 is 1. The van der Waals surface area contributed by atoms with Crippen molar-refractivity contribution in [2.45, 2.75) is 25.0 Å². The topological polar surface area (TPSA) is 29.5 Å². The molecule has 0 aromatic carbocycles. The van der Waals surface area contributed by atoms with Crippen LogP contribution in [0, 0.1) is 12.8 Å². The van der Waals surface area contributed by atoms with Crippen LogP contribution in [-0.2, 0) is 4.74 Å². The Morgan fingerprint density at radius 3 is 2.33 bits per heavy atom. The number of aliphatic hydroxyl groups is 1. The Balaban J connectivity index is 2.37. The summed E-state index contributed by atoms with van der Waals surface area (Å²) in [5.74, 6) is -0.847. The lowest BCUT2D eigenvalue weighted by molar-refractivity contribution is -0.202. The van der Waals surface area contributed by atoms with Crippen molar-refractivity contribution in [3.05, 3.63) is 6.92 Å². The minimum Gasteiger partial charge on any atom is -0.365 e. The Morgan fingerprint density at radius 2 is 2.22 bits per heavy atom. The van der Waals surface area contributed by atoms with Gasteiger partial charge in [0.25, 0.3) is 0 Å². The van der Waals surface area contributed by atoms with Crippen LogP contribution in [0.2, 0.25) is 0 Å². The van der Waals surface area contributed by atoms with Crippen molar-refractivity contribution in [1.82, 2.24) is 0 Å². The van der Waals surface area contributed by atoms with E-state index in [9.17, 15) is 5.11 Å². The lowest BCUT2D eigenvalue weighted by Crippen LogP contribution is -2.40. The molecule has 0 saturated heterocycles. The van der Waals surface area contributed by atoms with E-state index in [1.54, 1.807) is 0 Å². The highest BCUT2D eigenvalue weighted by Crippen LogP contribution is 2.35. The SMILES string of the molecule is [CH2]C(O)(OC)C1CCC1. The van der Waals surface area contributed by atoms with Crippen molar-refractivity contribution in [1.29, 1.82) is 0 Å². The summed E-state index contributed by atoms with van der Waals surface area (Å²) >= 11 is 0. The van der Waals surface area contributed by atoms with Crippen molar-refractivity contribution in [3.8, 4) is 0 Å². The molecule has 0 spiro atoms. The van der Waals surface area contributed by atoms with E-state index in [2.05, 4.69) is 6.92 Å². The van der Waals surface area contributed by atoms with Gasteiger partial charge in [-0.25, -0.2) is 0 Å². The van der Waals surface area contributed by atoms with Crippen LogP contribution in [0.25, 0.3) is 0 Å². The van der Waals surface area contributed by atoms with Gasteiger partial charge in [-0.15, -0.1) is 0 Å². The second-order valence-electron chi connectivity index (χ2n) is 2.68. The number of rotatable bonds is 2. The van der Waals surface area contributed by atoms with Crippen LogP contribution >= 0.6 is 0 Å². The molecular weight excluding hydrogens is 116 g/mol. The predicted octanol–water partition coefficient (Wildman–Crippen LogP) is 0.956. The Bertz CT molecular complexity index is 95.1. The Kier molecular flexibility index (Phi) is 1.78. The third-order valence-corrected chi connectivity index (χ3v) is 2.10. The summed E-state index contributed by atoms with van der Waals surface area (Å²) in [5, 5.41) is 9.31. The predicted molar refractivity (Wildman–Crippen MR) is 34.7 cm³/mol. The van der Waals surface area contributed by atoms with Gasteiger partial charge in [-0.3, -0.25) is 0 Å². The highest BCUT2D eigenvalue weighted by atomic mass is 16.6. The molecule has 9 heavy (non-hydrogen) atoms. The zero-order chi connectivity index (χ0) is 6.91. The first-order valence-electron chi connectivity index (χ1n) is 3.29. The maximum Gasteiger partial charge on any atom is 0.168 e. The van der Waals surface area contributed by atoms with Gasteiger partial charge in [0.05, 0.1) is 0 Å². The maximum absolute atomic E-state index is 9.31. The molecule has 1 N–H and O–H groups in total. The van der Waals surface area contributed by atoms with E-state index in [0.29, 0.717) is 0 Å². The first-order chi connectivity index (χ1) is 4.17. The van der Waals surface area contributed by atoms with E-state index in [-0.39, 0.29) is 5.92 Å². The van der Waals surface area contributed by atoms with Crippen molar-refractivity contribution < 1.29 is 9.84 Å². The molecule has 1 atom stereocenters. The minimum atomic E-state index is -1.11. The van der Waals surface area contributed by atoms with Crippen LogP contribution in [0.5, 0.6) is 0 Å². The van der Waals surface area contributed by atoms with Gasteiger partial charge in [0.1, 0.15) is 0 Å². The lowest BCUT2D eigenvalue weighted by atomic mass is 9.79. The second-order valence-corrected chi connectivity index (χ2v) is 2.68. The molecule has 0 heterocycles. The summed E-state index contributed by atoms with van der Waals surface area (Å²) in [7, 11) is 1.49. The highest BCUT2D eigenvalue weighted by molar-refractivity contribution is 4.85. The van der Waals surface area contributed by atoms with E-state index >= 15 is 0 Å². The zero-order valence-electron chi connectivity index (χ0n) is 5.76. The standard InChI is InChI=1S/C7H13O2/c1-7(8,9-2)6-4-3-5-6/h6,8H,1,3-5H2,2H3. The van der Waals surface area contributed by atoms with Crippen molar-refractivity contribution in [2.24, 2.45) is 5.92 Å². The summed E-state index contributed by atoms with van der Waals surface area (Å²) in [6, 6.07) is 0.